The summed E-state index contributed by atoms with van der Waals surface area (Å²) in [5.74, 6) is 1.67. The maximum Gasteiger partial charge on any atom is 0.159 e. The van der Waals surface area contributed by atoms with Crippen molar-refractivity contribution in [2.24, 2.45) is 45.3 Å². The van der Waals surface area contributed by atoms with Crippen molar-refractivity contribution in [1.82, 2.24) is 0 Å². The summed E-state index contributed by atoms with van der Waals surface area (Å²) < 4.78 is 0. The Morgan fingerprint density at radius 3 is 2.39 bits per heavy atom. The first-order chi connectivity index (χ1) is 15.2. The third kappa shape index (κ3) is 3.46. The normalized spacial score (nSPS) is 44.8. The number of fused-ring (bicyclic) bond motifs is 5. The molecule has 4 aliphatic carbocycles. The molecule has 0 spiro atoms. The molecule has 33 heavy (non-hydrogen) atoms. The van der Waals surface area contributed by atoms with Crippen molar-refractivity contribution in [1.29, 1.82) is 0 Å². The Morgan fingerprint density at radius 1 is 1.09 bits per heavy atom. The van der Waals surface area contributed by atoms with Gasteiger partial charge in [-0.1, -0.05) is 52.7 Å². The molecular weight excluding hydrogens is 408 g/mol. The topological polar surface area (TPSA) is 54.4 Å². The first-order valence-corrected chi connectivity index (χ1v) is 13.3. The zero-order chi connectivity index (χ0) is 24.6. The summed E-state index contributed by atoms with van der Waals surface area (Å²) in [6.45, 7) is 17.7. The van der Waals surface area contributed by atoms with E-state index in [4.69, 9.17) is 0 Å². The van der Waals surface area contributed by atoms with Gasteiger partial charge in [0.2, 0.25) is 0 Å². The van der Waals surface area contributed by atoms with E-state index in [0.29, 0.717) is 24.2 Å². The minimum atomic E-state index is -0.408. The van der Waals surface area contributed by atoms with Gasteiger partial charge < -0.3 is 5.11 Å². The van der Waals surface area contributed by atoms with Gasteiger partial charge in [-0.25, -0.2) is 0 Å². The predicted octanol–water partition coefficient (Wildman–Crippen LogP) is 6.69. The zero-order valence-electron chi connectivity index (χ0n) is 22.3. The van der Waals surface area contributed by atoms with Crippen molar-refractivity contribution in [2.45, 2.75) is 106 Å². The number of rotatable bonds is 4. The minimum Gasteiger partial charge on any atom is -0.393 e. The van der Waals surface area contributed by atoms with Crippen LogP contribution >= 0.6 is 0 Å². The van der Waals surface area contributed by atoms with E-state index in [2.05, 4.69) is 41.5 Å². The highest BCUT2D eigenvalue weighted by Crippen LogP contribution is 2.72. The molecule has 0 heterocycles. The van der Waals surface area contributed by atoms with Gasteiger partial charge in [-0.05, 0) is 98.5 Å². The Balaban J connectivity index is 1.69. The minimum absolute atomic E-state index is 0.0122. The van der Waals surface area contributed by atoms with E-state index < -0.39 is 6.10 Å². The van der Waals surface area contributed by atoms with Crippen molar-refractivity contribution in [3.8, 4) is 0 Å². The van der Waals surface area contributed by atoms with Crippen molar-refractivity contribution in [3.63, 3.8) is 0 Å². The number of hydrogen-bond donors (Lipinski definition) is 1. The third-order valence-electron chi connectivity index (χ3n) is 11.3. The van der Waals surface area contributed by atoms with Gasteiger partial charge in [0.25, 0.3) is 0 Å². The summed E-state index contributed by atoms with van der Waals surface area (Å²) in [5.41, 5.74) is 2.15. The van der Waals surface area contributed by atoms with Gasteiger partial charge in [-0.2, -0.15) is 0 Å². The number of aliphatic hydroxyl groups is 1. The summed E-state index contributed by atoms with van der Waals surface area (Å²) in [6, 6.07) is 0. The average Bonchev–Trinajstić information content (AvgIpc) is 2.96. The Bertz CT molecular complexity index is 906. The van der Waals surface area contributed by atoms with Crippen LogP contribution in [0.25, 0.3) is 0 Å². The molecule has 0 bridgehead atoms. The molecule has 0 unspecified atom stereocenters. The molecule has 0 aromatic heterocycles. The van der Waals surface area contributed by atoms with Gasteiger partial charge in [0.05, 0.1) is 6.10 Å². The van der Waals surface area contributed by atoms with E-state index in [0.717, 1.165) is 44.1 Å². The van der Waals surface area contributed by atoms with Gasteiger partial charge in [-0.15, -0.1) is 0 Å². The molecule has 3 saturated carbocycles. The van der Waals surface area contributed by atoms with Crippen LogP contribution in [0.15, 0.2) is 23.3 Å². The van der Waals surface area contributed by atoms with E-state index in [9.17, 15) is 14.7 Å². The van der Waals surface area contributed by atoms with Gasteiger partial charge in [0.1, 0.15) is 0 Å². The molecule has 0 aromatic carbocycles. The molecule has 184 valence electrons. The fraction of sp³-hybridized carbons (Fsp3) is 0.800. The van der Waals surface area contributed by atoms with Gasteiger partial charge in [-0.3, -0.25) is 9.59 Å². The first-order valence-electron chi connectivity index (χ1n) is 13.3. The molecule has 1 N–H and O–H groups in total. The lowest BCUT2D eigenvalue weighted by Gasteiger charge is -2.63. The SMILES string of the molecule is CC(C)=CC(=O)C[C@H](C)[C@H]1CC[C@]2(C)C3=CC(=O)[C@H]4C(C)(C)[C@@H](O)CC[C@]4(C)[C@H]3CC[C@@]12C. The molecule has 0 amide bonds. The summed E-state index contributed by atoms with van der Waals surface area (Å²) in [7, 11) is 0. The highest BCUT2D eigenvalue weighted by Gasteiger charge is 2.66. The maximum atomic E-state index is 13.7. The Labute approximate surface area is 201 Å². The number of carbonyl (C=O) groups is 2. The standard InChI is InChI=1S/C30H46O3/c1-18(2)15-20(31)16-19(3)21-9-13-30(8)23-17-24(32)26-27(4,5)25(33)11-12-28(26,6)22(23)10-14-29(21,30)7/h15,17,19,21-22,25-26,33H,9-14,16H2,1-8H3/t19-,21+,22-,25-,26-,28+,29-,30+/m0/s1. The third-order valence-corrected chi connectivity index (χ3v) is 11.3. The lowest BCUT2D eigenvalue weighted by molar-refractivity contribution is -0.157. The number of hydrogen-bond acceptors (Lipinski definition) is 3. The number of carbonyl (C=O) groups excluding carboxylic acids is 2. The summed E-state index contributed by atoms with van der Waals surface area (Å²) in [5, 5.41) is 10.8. The molecule has 4 rings (SSSR count). The maximum absolute atomic E-state index is 13.7. The Hall–Kier alpha value is -1.22. The van der Waals surface area contributed by atoms with Crippen molar-refractivity contribution < 1.29 is 14.7 Å². The second kappa shape index (κ2) is 7.90. The van der Waals surface area contributed by atoms with Gasteiger partial charge in [0.15, 0.2) is 11.6 Å². The fourth-order valence-corrected chi connectivity index (χ4v) is 9.38. The predicted molar refractivity (Wildman–Crippen MR) is 134 cm³/mol. The highest BCUT2D eigenvalue weighted by atomic mass is 16.3. The quantitative estimate of drug-likeness (QED) is 0.481. The number of allylic oxidation sites excluding steroid dienone is 4. The molecule has 3 heteroatoms. The van der Waals surface area contributed by atoms with E-state index in [1.165, 1.54) is 5.57 Å². The van der Waals surface area contributed by atoms with Crippen LogP contribution in [0.5, 0.6) is 0 Å². The lowest BCUT2D eigenvalue weighted by atomic mass is 9.40. The van der Waals surface area contributed by atoms with E-state index >= 15 is 0 Å². The van der Waals surface area contributed by atoms with Crippen LogP contribution in [0, 0.1) is 45.3 Å². The van der Waals surface area contributed by atoms with Crippen LogP contribution in [-0.2, 0) is 9.59 Å². The molecule has 4 aliphatic rings. The van der Waals surface area contributed by atoms with Crippen LogP contribution in [0.3, 0.4) is 0 Å². The first kappa shape index (κ1) is 24.9. The van der Waals surface area contributed by atoms with Crippen molar-refractivity contribution in [3.05, 3.63) is 23.3 Å². The van der Waals surface area contributed by atoms with Crippen LogP contribution in [0.4, 0.5) is 0 Å². The number of ketones is 2. The average molecular weight is 455 g/mol. The smallest absolute Gasteiger partial charge is 0.159 e. The van der Waals surface area contributed by atoms with Crippen molar-refractivity contribution >= 4 is 11.6 Å². The molecule has 0 aromatic rings. The molecule has 0 radical (unpaired) electrons. The Kier molecular flexibility index (Phi) is 5.96. The summed E-state index contributed by atoms with van der Waals surface area (Å²) in [6.07, 6.45) is 10.3. The lowest BCUT2D eigenvalue weighted by Crippen LogP contribution is -2.60. The molecule has 0 aliphatic heterocycles. The summed E-state index contributed by atoms with van der Waals surface area (Å²) >= 11 is 0. The molecule has 3 fully saturated rings. The largest absolute Gasteiger partial charge is 0.393 e. The van der Waals surface area contributed by atoms with Crippen LogP contribution < -0.4 is 0 Å². The fourth-order valence-electron chi connectivity index (χ4n) is 9.38. The molecule has 0 saturated heterocycles. The van der Waals surface area contributed by atoms with Crippen LogP contribution in [-0.4, -0.2) is 22.8 Å². The van der Waals surface area contributed by atoms with Crippen LogP contribution in [0.1, 0.15) is 100 Å². The Morgan fingerprint density at radius 2 is 1.76 bits per heavy atom. The highest BCUT2D eigenvalue weighted by molar-refractivity contribution is 5.95. The van der Waals surface area contributed by atoms with E-state index in [1.54, 1.807) is 6.08 Å². The second-order valence-corrected chi connectivity index (χ2v) is 13.7. The number of aliphatic hydroxyl groups excluding tert-OH is 1. The summed E-state index contributed by atoms with van der Waals surface area (Å²) in [4.78, 5) is 26.3. The van der Waals surface area contributed by atoms with Crippen molar-refractivity contribution in [2.75, 3.05) is 0 Å². The molecule has 8 atom stereocenters. The molecule has 3 nitrogen and oxygen atoms in total. The van der Waals surface area contributed by atoms with Gasteiger partial charge >= 0.3 is 0 Å². The van der Waals surface area contributed by atoms with Gasteiger partial charge in [0, 0.05) is 17.8 Å². The van der Waals surface area contributed by atoms with E-state index in [-0.39, 0.29) is 39.1 Å². The molecular formula is C30H46O3. The monoisotopic (exact) mass is 454 g/mol. The second-order valence-electron chi connectivity index (χ2n) is 13.7. The van der Waals surface area contributed by atoms with Crippen LogP contribution in [0.2, 0.25) is 0 Å². The zero-order valence-corrected chi connectivity index (χ0v) is 22.3. The van der Waals surface area contributed by atoms with E-state index in [1.807, 2.05) is 19.9 Å².